The molecule has 1 heterocycles. The van der Waals surface area contributed by atoms with Crippen LogP contribution in [0.2, 0.25) is 10.0 Å². The first-order valence-corrected chi connectivity index (χ1v) is 6.69. The maximum Gasteiger partial charge on any atom is 0.0641 e. The highest BCUT2D eigenvalue weighted by Gasteiger charge is 2.14. The Balaban J connectivity index is 1.96. The summed E-state index contributed by atoms with van der Waals surface area (Å²) in [7, 11) is 0. The second kappa shape index (κ2) is 5.94. The summed E-state index contributed by atoms with van der Waals surface area (Å²) < 4.78 is 5.34. The second-order valence-corrected chi connectivity index (χ2v) is 5.33. The fraction of sp³-hybridized carbons (Fsp3) is 0.538. The van der Waals surface area contributed by atoms with Gasteiger partial charge in [0.05, 0.1) is 10.7 Å². The Morgan fingerprint density at radius 2 is 1.94 bits per heavy atom. The molecule has 1 N–H and O–H groups in total. The summed E-state index contributed by atoms with van der Waals surface area (Å²) in [5.41, 5.74) is 1.93. The minimum atomic E-state index is 0.667. The molecule has 2 rings (SSSR count). The molecule has 1 aliphatic heterocycles. The number of rotatable bonds is 3. The first kappa shape index (κ1) is 13.0. The molecule has 1 aliphatic rings. The van der Waals surface area contributed by atoms with E-state index >= 15 is 0 Å². The molecule has 0 radical (unpaired) electrons. The number of benzene rings is 1. The minimum absolute atomic E-state index is 0.667. The summed E-state index contributed by atoms with van der Waals surface area (Å²) in [6.45, 7) is 4.63. The molecule has 1 saturated heterocycles. The average Bonchev–Trinajstić information content (AvgIpc) is 2.33. The van der Waals surface area contributed by atoms with Crippen LogP contribution in [0.1, 0.15) is 18.4 Å². The van der Waals surface area contributed by atoms with Gasteiger partial charge in [0, 0.05) is 24.8 Å². The molecule has 2 nitrogen and oxygen atoms in total. The first-order valence-electron chi connectivity index (χ1n) is 5.94. The van der Waals surface area contributed by atoms with E-state index in [1.807, 2.05) is 19.1 Å². The summed E-state index contributed by atoms with van der Waals surface area (Å²) in [5.74, 6) is 0.667. The summed E-state index contributed by atoms with van der Waals surface area (Å²) in [6.07, 6.45) is 2.23. The quantitative estimate of drug-likeness (QED) is 0.894. The van der Waals surface area contributed by atoms with Gasteiger partial charge in [-0.3, -0.25) is 0 Å². The zero-order chi connectivity index (χ0) is 12.3. The molecule has 0 atom stereocenters. The number of ether oxygens (including phenoxy) is 1. The van der Waals surface area contributed by atoms with Gasteiger partial charge in [-0.2, -0.15) is 0 Å². The van der Waals surface area contributed by atoms with E-state index in [2.05, 4.69) is 5.32 Å². The standard InChI is InChI=1S/C13H17Cl2NO/c1-9-6-12(15)13(7-11(9)14)16-8-10-2-4-17-5-3-10/h6-7,10,16H,2-5,8H2,1H3. The number of nitrogens with one attached hydrogen (secondary N) is 1. The lowest BCUT2D eigenvalue weighted by Gasteiger charge is -2.23. The van der Waals surface area contributed by atoms with Crippen LogP contribution in [-0.2, 0) is 4.74 Å². The molecule has 1 fully saturated rings. The number of halogens is 2. The van der Waals surface area contributed by atoms with Crippen molar-refractivity contribution in [2.45, 2.75) is 19.8 Å². The van der Waals surface area contributed by atoms with E-state index in [1.54, 1.807) is 0 Å². The van der Waals surface area contributed by atoms with Crippen molar-refractivity contribution < 1.29 is 4.74 Å². The second-order valence-electron chi connectivity index (χ2n) is 4.52. The summed E-state index contributed by atoms with van der Waals surface area (Å²) >= 11 is 12.3. The number of hydrogen-bond acceptors (Lipinski definition) is 2. The highest BCUT2D eigenvalue weighted by molar-refractivity contribution is 6.35. The van der Waals surface area contributed by atoms with Crippen LogP contribution in [0.15, 0.2) is 12.1 Å². The van der Waals surface area contributed by atoms with Crippen molar-refractivity contribution >= 4 is 28.9 Å². The Morgan fingerprint density at radius 3 is 2.65 bits per heavy atom. The van der Waals surface area contributed by atoms with Crippen LogP contribution in [0.5, 0.6) is 0 Å². The molecule has 0 aromatic heterocycles. The lowest BCUT2D eigenvalue weighted by molar-refractivity contribution is 0.0699. The molecule has 0 amide bonds. The highest BCUT2D eigenvalue weighted by atomic mass is 35.5. The molecule has 17 heavy (non-hydrogen) atoms. The van der Waals surface area contributed by atoms with Crippen molar-refractivity contribution in [3.05, 3.63) is 27.7 Å². The van der Waals surface area contributed by atoms with E-state index in [0.717, 1.165) is 53.9 Å². The molecule has 0 bridgehead atoms. The molecular formula is C13H17Cl2NO. The minimum Gasteiger partial charge on any atom is -0.384 e. The smallest absolute Gasteiger partial charge is 0.0641 e. The van der Waals surface area contributed by atoms with Crippen LogP contribution in [0.25, 0.3) is 0 Å². The van der Waals surface area contributed by atoms with Crippen molar-refractivity contribution in [1.82, 2.24) is 0 Å². The molecule has 94 valence electrons. The van der Waals surface area contributed by atoms with E-state index in [1.165, 1.54) is 0 Å². The van der Waals surface area contributed by atoms with Crippen molar-refractivity contribution in [3.8, 4) is 0 Å². The third-order valence-electron chi connectivity index (χ3n) is 3.17. The lowest BCUT2D eigenvalue weighted by atomic mass is 10.0. The molecule has 1 aromatic carbocycles. The maximum atomic E-state index is 6.17. The zero-order valence-electron chi connectivity index (χ0n) is 9.93. The molecule has 1 aromatic rings. The zero-order valence-corrected chi connectivity index (χ0v) is 11.4. The molecular weight excluding hydrogens is 257 g/mol. The summed E-state index contributed by atoms with van der Waals surface area (Å²) in [4.78, 5) is 0. The van der Waals surface area contributed by atoms with E-state index < -0.39 is 0 Å². The van der Waals surface area contributed by atoms with E-state index in [0.29, 0.717) is 5.92 Å². The van der Waals surface area contributed by atoms with Gasteiger partial charge in [-0.25, -0.2) is 0 Å². The number of anilines is 1. The Kier molecular flexibility index (Phi) is 4.55. The fourth-order valence-electron chi connectivity index (χ4n) is 1.99. The topological polar surface area (TPSA) is 21.3 Å². The lowest BCUT2D eigenvalue weighted by Crippen LogP contribution is -2.22. The first-order chi connectivity index (χ1) is 8.16. The SMILES string of the molecule is Cc1cc(Cl)c(NCC2CCOCC2)cc1Cl. The summed E-state index contributed by atoms with van der Waals surface area (Å²) in [5, 5.41) is 4.87. The third kappa shape index (κ3) is 3.51. The van der Waals surface area contributed by atoms with Crippen LogP contribution in [0, 0.1) is 12.8 Å². The largest absolute Gasteiger partial charge is 0.384 e. The third-order valence-corrected chi connectivity index (χ3v) is 3.89. The normalized spacial score (nSPS) is 17.1. The Morgan fingerprint density at radius 1 is 1.24 bits per heavy atom. The number of hydrogen-bond donors (Lipinski definition) is 1. The van der Waals surface area contributed by atoms with Gasteiger partial charge in [0.1, 0.15) is 0 Å². The van der Waals surface area contributed by atoms with Crippen LogP contribution in [0.4, 0.5) is 5.69 Å². The van der Waals surface area contributed by atoms with Gasteiger partial charge < -0.3 is 10.1 Å². The van der Waals surface area contributed by atoms with Gasteiger partial charge >= 0.3 is 0 Å². The van der Waals surface area contributed by atoms with Crippen molar-refractivity contribution in [2.24, 2.45) is 5.92 Å². The van der Waals surface area contributed by atoms with Gasteiger partial charge in [0.15, 0.2) is 0 Å². The molecule has 0 unspecified atom stereocenters. The molecule has 0 spiro atoms. The van der Waals surface area contributed by atoms with Gasteiger partial charge in [-0.1, -0.05) is 23.2 Å². The number of aryl methyl sites for hydroxylation is 1. The van der Waals surface area contributed by atoms with Gasteiger partial charge in [-0.05, 0) is 43.4 Å². The van der Waals surface area contributed by atoms with E-state index in [9.17, 15) is 0 Å². The predicted octanol–water partition coefficient (Wildman–Crippen LogP) is 4.14. The predicted molar refractivity (Wildman–Crippen MR) is 73.2 cm³/mol. The Bertz CT molecular complexity index is 389. The maximum absolute atomic E-state index is 6.17. The van der Waals surface area contributed by atoms with Crippen LogP contribution < -0.4 is 5.32 Å². The van der Waals surface area contributed by atoms with Gasteiger partial charge in [-0.15, -0.1) is 0 Å². The highest BCUT2D eigenvalue weighted by Crippen LogP contribution is 2.29. The average molecular weight is 274 g/mol. The Labute approximate surface area is 112 Å². The Hall–Kier alpha value is -0.440. The van der Waals surface area contributed by atoms with E-state index in [4.69, 9.17) is 27.9 Å². The van der Waals surface area contributed by atoms with E-state index in [-0.39, 0.29) is 0 Å². The fourth-order valence-corrected chi connectivity index (χ4v) is 2.44. The van der Waals surface area contributed by atoms with Crippen LogP contribution in [0.3, 0.4) is 0 Å². The van der Waals surface area contributed by atoms with Crippen molar-refractivity contribution in [2.75, 3.05) is 25.1 Å². The van der Waals surface area contributed by atoms with Crippen molar-refractivity contribution in [3.63, 3.8) is 0 Å². The molecule has 0 saturated carbocycles. The summed E-state index contributed by atoms with van der Waals surface area (Å²) in [6, 6.07) is 3.80. The van der Waals surface area contributed by atoms with Gasteiger partial charge in [0.2, 0.25) is 0 Å². The monoisotopic (exact) mass is 273 g/mol. The van der Waals surface area contributed by atoms with Crippen LogP contribution in [-0.4, -0.2) is 19.8 Å². The van der Waals surface area contributed by atoms with Gasteiger partial charge in [0.25, 0.3) is 0 Å². The van der Waals surface area contributed by atoms with Crippen LogP contribution >= 0.6 is 23.2 Å². The van der Waals surface area contributed by atoms with Crippen molar-refractivity contribution in [1.29, 1.82) is 0 Å². The molecule has 0 aliphatic carbocycles. The molecule has 4 heteroatoms.